The second kappa shape index (κ2) is 11.9. The molecule has 1 saturated carbocycles. The summed E-state index contributed by atoms with van der Waals surface area (Å²) in [6.45, 7) is 5.50. The zero-order valence-electron chi connectivity index (χ0n) is 21.7. The predicted molar refractivity (Wildman–Crippen MR) is 144 cm³/mol. The summed E-state index contributed by atoms with van der Waals surface area (Å²) in [5.41, 5.74) is 2.77. The van der Waals surface area contributed by atoms with Crippen molar-refractivity contribution >= 4 is 15.9 Å². The molecule has 1 aliphatic carbocycles. The number of piperidine rings is 1. The molecule has 0 radical (unpaired) electrons. The molecule has 4 rings (SSSR count). The first-order valence-electron chi connectivity index (χ1n) is 13.3. The third-order valence-corrected chi connectivity index (χ3v) is 8.54. The monoisotopic (exact) mass is 512 g/mol. The quantitative estimate of drug-likeness (QED) is 0.534. The molecule has 2 aromatic rings. The van der Waals surface area contributed by atoms with Crippen molar-refractivity contribution in [3.8, 4) is 11.1 Å². The van der Waals surface area contributed by atoms with Gasteiger partial charge in [-0.2, -0.15) is 0 Å². The van der Waals surface area contributed by atoms with Crippen LogP contribution in [0.15, 0.2) is 54.6 Å². The molecule has 0 unspecified atom stereocenters. The van der Waals surface area contributed by atoms with E-state index in [2.05, 4.69) is 18.6 Å². The molecule has 7 heteroatoms. The Bertz CT molecular complexity index is 1090. The van der Waals surface area contributed by atoms with Gasteiger partial charge in [0.2, 0.25) is 10.0 Å². The van der Waals surface area contributed by atoms with Gasteiger partial charge in [-0.3, -0.25) is 4.79 Å². The van der Waals surface area contributed by atoms with E-state index in [0.717, 1.165) is 49.1 Å². The van der Waals surface area contributed by atoms with Gasteiger partial charge in [0.05, 0.1) is 25.0 Å². The van der Waals surface area contributed by atoms with Gasteiger partial charge in [0, 0.05) is 18.2 Å². The average molecular weight is 513 g/mol. The van der Waals surface area contributed by atoms with Crippen molar-refractivity contribution in [3.63, 3.8) is 0 Å². The summed E-state index contributed by atoms with van der Waals surface area (Å²) in [6, 6.07) is 17.0. The van der Waals surface area contributed by atoms with Crippen LogP contribution in [0.5, 0.6) is 0 Å². The fourth-order valence-electron chi connectivity index (χ4n) is 5.69. The molecule has 1 saturated heterocycles. The Morgan fingerprint density at radius 1 is 0.972 bits per heavy atom. The lowest BCUT2D eigenvalue weighted by Crippen LogP contribution is -2.59. The number of hydrogen-bond donors (Lipinski definition) is 1. The summed E-state index contributed by atoms with van der Waals surface area (Å²) in [4.78, 5) is 15.5. The molecule has 0 aromatic heterocycles. The van der Waals surface area contributed by atoms with Crippen LogP contribution in [0.3, 0.4) is 0 Å². The number of likely N-dealkylation sites (tertiary alicyclic amines) is 1. The Kier molecular flexibility index (Phi) is 8.86. The van der Waals surface area contributed by atoms with Crippen molar-refractivity contribution in [2.75, 3.05) is 19.4 Å². The number of nitrogens with one attached hydrogen (secondary N) is 1. The number of nitrogens with zero attached hydrogens (tertiary/aromatic N) is 1. The minimum Gasteiger partial charge on any atom is -0.376 e. The van der Waals surface area contributed by atoms with Gasteiger partial charge in [0.15, 0.2) is 0 Å². The van der Waals surface area contributed by atoms with E-state index in [1.165, 1.54) is 6.26 Å². The van der Waals surface area contributed by atoms with Crippen LogP contribution in [-0.4, -0.2) is 56.8 Å². The highest BCUT2D eigenvalue weighted by molar-refractivity contribution is 7.88. The molecule has 2 aliphatic rings. The van der Waals surface area contributed by atoms with Crippen LogP contribution in [0.25, 0.3) is 11.1 Å². The van der Waals surface area contributed by atoms with Crippen LogP contribution in [0.1, 0.15) is 62.7 Å². The molecule has 1 aliphatic heterocycles. The normalized spacial score (nSPS) is 25.2. The third kappa shape index (κ3) is 6.96. The van der Waals surface area contributed by atoms with Crippen molar-refractivity contribution in [1.82, 2.24) is 9.62 Å². The first-order valence-corrected chi connectivity index (χ1v) is 15.2. The highest BCUT2D eigenvalue weighted by Crippen LogP contribution is 2.32. The number of ether oxygens (including phenoxy) is 1. The maximum absolute atomic E-state index is 13.6. The first-order chi connectivity index (χ1) is 17.2. The lowest BCUT2D eigenvalue weighted by Gasteiger charge is -2.42. The fraction of sp³-hybridized carbons (Fsp3) is 0.552. The fourth-order valence-corrected chi connectivity index (χ4v) is 6.51. The molecule has 2 aromatic carbocycles. The number of carbonyl (C=O) groups excluding carboxylic acids is 1. The number of carbonyl (C=O) groups is 1. The summed E-state index contributed by atoms with van der Waals surface area (Å²) >= 11 is 0. The molecule has 0 bridgehead atoms. The highest BCUT2D eigenvalue weighted by atomic mass is 32.2. The number of amides is 1. The number of benzene rings is 2. The minimum absolute atomic E-state index is 0.0771. The Morgan fingerprint density at radius 3 is 2.22 bits per heavy atom. The van der Waals surface area contributed by atoms with Crippen LogP contribution < -0.4 is 4.72 Å². The van der Waals surface area contributed by atoms with E-state index >= 15 is 0 Å². The van der Waals surface area contributed by atoms with E-state index in [1.807, 2.05) is 59.5 Å². The largest absolute Gasteiger partial charge is 0.376 e. The average Bonchev–Trinajstić information content (AvgIpc) is 2.87. The molecule has 2 atom stereocenters. The summed E-state index contributed by atoms with van der Waals surface area (Å²) in [7, 11) is -3.41. The van der Waals surface area contributed by atoms with E-state index in [9.17, 15) is 13.2 Å². The van der Waals surface area contributed by atoms with E-state index in [1.54, 1.807) is 0 Å². The molecule has 36 heavy (non-hydrogen) atoms. The van der Waals surface area contributed by atoms with Gasteiger partial charge < -0.3 is 9.64 Å². The molecule has 1 heterocycles. The van der Waals surface area contributed by atoms with Crippen molar-refractivity contribution in [2.45, 2.75) is 70.6 Å². The van der Waals surface area contributed by atoms with E-state index < -0.39 is 10.0 Å². The molecule has 1 N–H and O–H groups in total. The maximum Gasteiger partial charge on any atom is 0.254 e. The standard InChI is InChI=1S/C29H40N2O4S/c1-21(2)22-15-17-26(18-16-22)35-20-28-27(30-36(3,33)34)10-7-19-31(28)29(32)25-13-11-24(12-14-25)23-8-5-4-6-9-23/h4-6,8-9,11-14,21-22,26-28,30H,7,10,15-20H2,1-3H3/t22?,26?,27-,28-/m0/s1. The molecule has 0 spiro atoms. The van der Waals surface area contributed by atoms with Gasteiger partial charge in [0.1, 0.15) is 0 Å². The lowest BCUT2D eigenvalue weighted by molar-refractivity contribution is -0.0282. The molecular weight excluding hydrogens is 472 g/mol. The van der Waals surface area contributed by atoms with E-state index in [4.69, 9.17) is 4.74 Å². The zero-order chi connectivity index (χ0) is 25.7. The second-order valence-electron chi connectivity index (χ2n) is 10.8. The Morgan fingerprint density at radius 2 is 1.61 bits per heavy atom. The SMILES string of the molecule is CC(C)C1CCC(OC[C@H]2[C@@H](NS(C)(=O)=O)CCCN2C(=O)c2ccc(-c3ccccc3)cc2)CC1. The van der Waals surface area contributed by atoms with Crippen molar-refractivity contribution in [2.24, 2.45) is 11.8 Å². The van der Waals surface area contributed by atoms with Gasteiger partial charge in [-0.25, -0.2) is 13.1 Å². The topological polar surface area (TPSA) is 75.7 Å². The number of sulfonamides is 1. The number of rotatable bonds is 8. The Labute approximate surface area is 216 Å². The predicted octanol–water partition coefficient (Wildman–Crippen LogP) is 5.11. The summed E-state index contributed by atoms with van der Waals surface area (Å²) in [5, 5.41) is 0. The van der Waals surface area contributed by atoms with E-state index in [0.29, 0.717) is 31.1 Å². The van der Waals surface area contributed by atoms with Crippen LogP contribution in [0.4, 0.5) is 0 Å². The van der Waals surface area contributed by atoms with Crippen LogP contribution in [0, 0.1) is 11.8 Å². The second-order valence-corrected chi connectivity index (χ2v) is 12.5. The summed E-state index contributed by atoms with van der Waals surface area (Å²) < 4.78 is 33.4. The van der Waals surface area contributed by atoms with Crippen molar-refractivity contribution in [1.29, 1.82) is 0 Å². The summed E-state index contributed by atoms with van der Waals surface area (Å²) in [6.07, 6.45) is 7.16. The van der Waals surface area contributed by atoms with Gasteiger partial charge in [-0.15, -0.1) is 0 Å². The Balaban J connectivity index is 1.48. The summed E-state index contributed by atoms with van der Waals surface area (Å²) in [5.74, 6) is 1.36. The first kappa shape index (κ1) is 26.8. The highest BCUT2D eigenvalue weighted by Gasteiger charge is 2.37. The van der Waals surface area contributed by atoms with Crippen LogP contribution >= 0.6 is 0 Å². The molecule has 6 nitrogen and oxygen atoms in total. The van der Waals surface area contributed by atoms with Crippen LogP contribution in [-0.2, 0) is 14.8 Å². The molecular formula is C29H40N2O4S. The van der Waals surface area contributed by atoms with Gasteiger partial charge in [0.25, 0.3) is 5.91 Å². The lowest BCUT2D eigenvalue weighted by atomic mass is 9.80. The minimum atomic E-state index is -3.41. The van der Waals surface area contributed by atoms with Gasteiger partial charge in [-0.1, -0.05) is 56.3 Å². The van der Waals surface area contributed by atoms with E-state index in [-0.39, 0.29) is 24.1 Å². The maximum atomic E-state index is 13.6. The molecule has 1 amide bonds. The van der Waals surface area contributed by atoms with Crippen LogP contribution in [0.2, 0.25) is 0 Å². The molecule has 196 valence electrons. The van der Waals surface area contributed by atoms with Gasteiger partial charge in [-0.05, 0) is 73.6 Å². The zero-order valence-corrected chi connectivity index (χ0v) is 22.5. The van der Waals surface area contributed by atoms with Crippen molar-refractivity contribution < 1.29 is 17.9 Å². The smallest absolute Gasteiger partial charge is 0.254 e. The van der Waals surface area contributed by atoms with Gasteiger partial charge >= 0.3 is 0 Å². The Hall–Kier alpha value is -2.22. The molecule has 2 fully saturated rings. The van der Waals surface area contributed by atoms with Crippen molar-refractivity contribution in [3.05, 3.63) is 60.2 Å². The number of hydrogen-bond acceptors (Lipinski definition) is 4. The third-order valence-electron chi connectivity index (χ3n) is 7.81.